The van der Waals surface area contributed by atoms with Crippen molar-refractivity contribution in [1.82, 2.24) is 4.90 Å². The Morgan fingerprint density at radius 1 is 1.16 bits per heavy atom. The van der Waals surface area contributed by atoms with E-state index in [4.69, 9.17) is 14.2 Å². The van der Waals surface area contributed by atoms with E-state index >= 15 is 0 Å². The van der Waals surface area contributed by atoms with Gasteiger partial charge in [0, 0.05) is 17.0 Å². The number of carbonyl (C=O) groups is 1. The van der Waals surface area contributed by atoms with E-state index in [0.717, 1.165) is 18.5 Å². The van der Waals surface area contributed by atoms with Gasteiger partial charge in [-0.3, -0.25) is 4.79 Å². The summed E-state index contributed by atoms with van der Waals surface area (Å²) in [5.74, 6) is 1.75. The predicted octanol–water partition coefficient (Wildman–Crippen LogP) is 3.46. The average molecular weight is 361 g/mol. The Hall–Kier alpha value is -2.21. The third kappa shape index (κ3) is 3.18. The number of rotatable bonds is 5. The Bertz CT molecular complexity index is 771. The van der Waals surface area contributed by atoms with Crippen molar-refractivity contribution < 1.29 is 19.0 Å². The molecule has 0 N–H and O–H groups in total. The highest BCUT2D eigenvalue weighted by Crippen LogP contribution is 2.40. The van der Waals surface area contributed by atoms with Gasteiger partial charge >= 0.3 is 0 Å². The fourth-order valence-electron chi connectivity index (χ4n) is 3.42. The van der Waals surface area contributed by atoms with E-state index in [9.17, 15) is 4.79 Å². The van der Waals surface area contributed by atoms with Crippen molar-refractivity contribution in [2.75, 3.05) is 27.9 Å². The second kappa shape index (κ2) is 7.35. The average Bonchev–Trinajstić information content (AvgIpc) is 3.11. The number of hydrogen-bond donors (Lipinski definition) is 0. The van der Waals surface area contributed by atoms with Crippen LogP contribution in [0.5, 0.6) is 17.2 Å². The zero-order valence-corrected chi connectivity index (χ0v) is 15.8. The summed E-state index contributed by atoms with van der Waals surface area (Å²) in [6.07, 6.45) is 1.19. The molecule has 134 valence electrons. The third-order valence-electron chi connectivity index (χ3n) is 4.72. The fraction of sp³-hybridized carbons (Fsp3) is 0.421. The van der Waals surface area contributed by atoms with Crippen molar-refractivity contribution in [2.45, 2.75) is 25.8 Å². The summed E-state index contributed by atoms with van der Waals surface area (Å²) in [4.78, 5) is 16.3. The number of fused-ring (bicyclic) bond motifs is 1. The van der Waals surface area contributed by atoms with Gasteiger partial charge in [-0.2, -0.15) is 0 Å². The molecule has 3 rings (SSSR count). The first-order chi connectivity index (χ1) is 12.1. The minimum Gasteiger partial charge on any atom is -0.493 e. The molecule has 5 nitrogen and oxygen atoms in total. The highest BCUT2D eigenvalue weighted by molar-refractivity contribution is 7.10. The minimum atomic E-state index is 0.0925. The van der Waals surface area contributed by atoms with Crippen molar-refractivity contribution in [2.24, 2.45) is 0 Å². The van der Waals surface area contributed by atoms with Crippen LogP contribution in [0.15, 0.2) is 23.6 Å². The Balaban J connectivity index is 1.84. The molecule has 0 aliphatic carbocycles. The van der Waals surface area contributed by atoms with Crippen LogP contribution in [0.25, 0.3) is 0 Å². The number of benzene rings is 1. The van der Waals surface area contributed by atoms with Crippen LogP contribution in [0.2, 0.25) is 0 Å². The van der Waals surface area contributed by atoms with Gasteiger partial charge in [0.05, 0.1) is 33.8 Å². The van der Waals surface area contributed by atoms with Gasteiger partial charge in [0.15, 0.2) is 11.5 Å². The summed E-state index contributed by atoms with van der Waals surface area (Å²) < 4.78 is 16.2. The molecule has 0 saturated carbocycles. The standard InChI is InChI=1S/C19H23NO4S/c1-12-14-8-10-25-16(14)7-9-20(12)17(21)11-13-5-6-15(22-2)19(24-4)18(13)23-3/h5-6,8,10,12H,7,9,11H2,1-4H3/t12-/m1/s1. The number of methoxy groups -OCH3 is 3. The molecule has 2 heterocycles. The summed E-state index contributed by atoms with van der Waals surface area (Å²) in [5, 5.41) is 2.10. The van der Waals surface area contributed by atoms with Crippen LogP contribution in [-0.2, 0) is 17.6 Å². The van der Waals surface area contributed by atoms with Gasteiger partial charge in [-0.25, -0.2) is 0 Å². The predicted molar refractivity (Wildman–Crippen MR) is 98.0 cm³/mol. The molecule has 0 saturated heterocycles. The molecule has 1 aliphatic rings. The Labute approximate surface area is 152 Å². The number of nitrogens with zero attached hydrogens (tertiary/aromatic N) is 1. The van der Waals surface area contributed by atoms with Crippen LogP contribution in [0.1, 0.15) is 29.0 Å². The van der Waals surface area contributed by atoms with E-state index in [2.05, 4.69) is 18.4 Å². The van der Waals surface area contributed by atoms with Gasteiger partial charge in [0.2, 0.25) is 11.7 Å². The number of thiophene rings is 1. The lowest BCUT2D eigenvalue weighted by atomic mass is 10.00. The molecular weight excluding hydrogens is 338 g/mol. The zero-order chi connectivity index (χ0) is 18.0. The van der Waals surface area contributed by atoms with Gasteiger partial charge in [-0.05, 0) is 36.4 Å². The van der Waals surface area contributed by atoms with Crippen LogP contribution in [0, 0.1) is 0 Å². The first kappa shape index (κ1) is 17.6. The fourth-order valence-corrected chi connectivity index (χ4v) is 4.38. The molecule has 2 aromatic rings. The van der Waals surface area contributed by atoms with Gasteiger partial charge in [-0.1, -0.05) is 6.07 Å². The number of hydrogen-bond acceptors (Lipinski definition) is 5. The molecule has 25 heavy (non-hydrogen) atoms. The first-order valence-electron chi connectivity index (χ1n) is 8.24. The van der Waals surface area contributed by atoms with Crippen LogP contribution in [-0.4, -0.2) is 38.7 Å². The largest absolute Gasteiger partial charge is 0.493 e. The van der Waals surface area contributed by atoms with E-state index in [0.29, 0.717) is 17.2 Å². The lowest BCUT2D eigenvalue weighted by Crippen LogP contribution is -2.39. The molecule has 0 radical (unpaired) electrons. The van der Waals surface area contributed by atoms with Gasteiger partial charge in [0.25, 0.3) is 0 Å². The first-order valence-corrected chi connectivity index (χ1v) is 9.12. The van der Waals surface area contributed by atoms with Crippen LogP contribution < -0.4 is 14.2 Å². The van der Waals surface area contributed by atoms with E-state index in [1.165, 1.54) is 10.4 Å². The second-order valence-electron chi connectivity index (χ2n) is 5.98. The molecule has 6 heteroatoms. The molecule has 1 atom stereocenters. The van der Waals surface area contributed by atoms with Gasteiger partial charge < -0.3 is 19.1 Å². The van der Waals surface area contributed by atoms with E-state index in [1.807, 2.05) is 11.0 Å². The quantitative estimate of drug-likeness (QED) is 0.818. The summed E-state index contributed by atoms with van der Waals surface area (Å²) in [5.41, 5.74) is 2.07. The molecule has 0 bridgehead atoms. The smallest absolute Gasteiger partial charge is 0.227 e. The normalized spacial score (nSPS) is 16.3. The maximum absolute atomic E-state index is 12.9. The Morgan fingerprint density at radius 3 is 2.60 bits per heavy atom. The van der Waals surface area contributed by atoms with E-state index in [-0.39, 0.29) is 18.4 Å². The van der Waals surface area contributed by atoms with Crippen LogP contribution >= 0.6 is 11.3 Å². The SMILES string of the molecule is COc1ccc(CC(=O)N2CCc3sccc3[C@H]2C)c(OC)c1OC. The molecule has 1 aliphatic heterocycles. The Morgan fingerprint density at radius 2 is 1.92 bits per heavy atom. The number of ether oxygens (including phenoxy) is 3. The second-order valence-corrected chi connectivity index (χ2v) is 6.98. The van der Waals surface area contributed by atoms with Gasteiger partial charge in [0.1, 0.15) is 0 Å². The monoisotopic (exact) mass is 361 g/mol. The maximum atomic E-state index is 12.9. The van der Waals surface area contributed by atoms with E-state index in [1.54, 1.807) is 38.7 Å². The van der Waals surface area contributed by atoms with Crippen LogP contribution in [0.4, 0.5) is 0 Å². The topological polar surface area (TPSA) is 48.0 Å². The Kier molecular flexibility index (Phi) is 5.18. The molecule has 1 aromatic heterocycles. The highest BCUT2D eigenvalue weighted by atomic mass is 32.1. The molecule has 0 spiro atoms. The molecular formula is C19H23NO4S. The van der Waals surface area contributed by atoms with E-state index < -0.39 is 0 Å². The number of amides is 1. The summed E-state index contributed by atoms with van der Waals surface area (Å²) in [7, 11) is 4.72. The highest BCUT2D eigenvalue weighted by Gasteiger charge is 2.29. The van der Waals surface area contributed by atoms with Crippen molar-refractivity contribution in [3.8, 4) is 17.2 Å². The number of carbonyl (C=O) groups excluding carboxylic acids is 1. The lowest BCUT2D eigenvalue weighted by Gasteiger charge is -2.34. The molecule has 1 amide bonds. The van der Waals surface area contributed by atoms with Crippen molar-refractivity contribution in [1.29, 1.82) is 0 Å². The van der Waals surface area contributed by atoms with Crippen molar-refractivity contribution in [3.05, 3.63) is 39.6 Å². The van der Waals surface area contributed by atoms with Gasteiger partial charge in [-0.15, -0.1) is 11.3 Å². The van der Waals surface area contributed by atoms with Crippen LogP contribution in [0.3, 0.4) is 0 Å². The summed E-state index contributed by atoms with van der Waals surface area (Å²) in [6, 6.07) is 5.90. The summed E-state index contributed by atoms with van der Waals surface area (Å²) >= 11 is 1.77. The summed E-state index contributed by atoms with van der Waals surface area (Å²) in [6.45, 7) is 2.84. The molecule has 0 unspecified atom stereocenters. The third-order valence-corrected chi connectivity index (χ3v) is 5.72. The van der Waals surface area contributed by atoms with Crippen molar-refractivity contribution >= 4 is 17.2 Å². The molecule has 0 fully saturated rings. The molecule has 1 aromatic carbocycles. The maximum Gasteiger partial charge on any atom is 0.227 e. The van der Waals surface area contributed by atoms with Crippen molar-refractivity contribution in [3.63, 3.8) is 0 Å². The lowest BCUT2D eigenvalue weighted by molar-refractivity contribution is -0.133. The minimum absolute atomic E-state index is 0.0925. The zero-order valence-electron chi connectivity index (χ0n) is 15.0.